The highest BCUT2D eigenvalue weighted by Crippen LogP contribution is 2.38. The highest BCUT2D eigenvalue weighted by Gasteiger charge is 2.36. The molecule has 0 bridgehead atoms. The molecule has 0 aromatic carbocycles. The van der Waals surface area contributed by atoms with E-state index < -0.39 is 10.0 Å². The Morgan fingerprint density at radius 3 is 2.56 bits per heavy atom. The summed E-state index contributed by atoms with van der Waals surface area (Å²) in [6.07, 6.45) is 5.96. The number of hydrogen-bond donors (Lipinski definition) is 1. The molecule has 0 unspecified atom stereocenters. The van der Waals surface area contributed by atoms with Crippen LogP contribution in [0.1, 0.15) is 37.4 Å². The molecular formula is C12H19N3O2S. The van der Waals surface area contributed by atoms with Gasteiger partial charge in [0.05, 0.1) is 0 Å². The summed E-state index contributed by atoms with van der Waals surface area (Å²) in [5.41, 5.74) is 6.61. The third-order valence-electron chi connectivity index (χ3n) is 3.79. The first-order valence-corrected chi connectivity index (χ1v) is 7.87. The van der Waals surface area contributed by atoms with E-state index in [4.69, 9.17) is 5.73 Å². The van der Waals surface area contributed by atoms with Crippen LogP contribution in [0.25, 0.3) is 0 Å². The first-order chi connectivity index (χ1) is 8.54. The fraction of sp³-hybridized carbons (Fsp3) is 0.667. The van der Waals surface area contributed by atoms with Crippen molar-refractivity contribution in [3.8, 4) is 0 Å². The molecule has 2 N–H and O–H groups in total. The zero-order valence-electron chi connectivity index (χ0n) is 10.5. The monoisotopic (exact) mass is 269 g/mol. The van der Waals surface area contributed by atoms with Crippen molar-refractivity contribution in [1.82, 2.24) is 8.87 Å². The quantitative estimate of drug-likeness (QED) is 0.869. The van der Waals surface area contributed by atoms with Gasteiger partial charge < -0.3 is 10.3 Å². The molecule has 0 radical (unpaired) electrons. The topological polar surface area (TPSA) is 68.3 Å². The largest absolute Gasteiger partial charge is 0.346 e. The van der Waals surface area contributed by atoms with Crippen LogP contribution in [0.5, 0.6) is 0 Å². The highest BCUT2D eigenvalue weighted by atomic mass is 32.2. The van der Waals surface area contributed by atoms with E-state index >= 15 is 0 Å². The van der Waals surface area contributed by atoms with Gasteiger partial charge in [0.1, 0.15) is 4.90 Å². The van der Waals surface area contributed by atoms with Crippen LogP contribution in [0, 0.1) is 0 Å². The van der Waals surface area contributed by atoms with E-state index in [1.165, 1.54) is 4.31 Å². The van der Waals surface area contributed by atoms with Crippen LogP contribution in [-0.4, -0.2) is 30.4 Å². The molecule has 100 valence electrons. The normalized spacial score (nSPS) is 20.6. The molecule has 2 aliphatic rings. The smallest absolute Gasteiger partial charge is 0.244 e. The highest BCUT2D eigenvalue weighted by molar-refractivity contribution is 7.89. The van der Waals surface area contributed by atoms with Gasteiger partial charge in [-0.3, -0.25) is 0 Å². The molecule has 2 saturated carbocycles. The van der Waals surface area contributed by atoms with Crippen molar-refractivity contribution in [3.05, 3.63) is 18.0 Å². The summed E-state index contributed by atoms with van der Waals surface area (Å²) >= 11 is 0. The molecule has 1 aromatic rings. The van der Waals surface area contributed by atoms with E-state index in [1.54, 1.807) is 19.3 Å². The molecule has 18 heavy (non-hydrogen) atoms. The number of aromatic nitrogens is 1. The molecule has 2 aliphatic carbocycles. The van der Waals surface area contributed by atoms with Crippen LogP contribution < -0.4 is 5.73 Å². The van der Waals surface area contributed by atoms with Crippen molar-refractivity contribution in [2.75, 3.05) is 7.05 Å². The minimum Gasteiger partial charge on any atom is -0.346 e. The summed E-state index contributed by atoms with van der Waals surface area (Å²) in [5, 5.41) is 0. The summed E-state index contributed by atoms with van der Waals surface area (Å²) in [6.45, 7) is 0.388. The van der Waals surface area contributed by atoms with E-state index in [1.807, 2.05) is 4.57 Å². The van der Waals surface area contributed by atoms with E-state index in [-0.39, 0.29) is 6.04 Å². The molecule has 3 rings (SSSR count). The molecular weight excluding hydrogens is 250 g/mol. The summed E-state index contributed by atoms with van der Waals surface area (Å²) in [7, 11) is -1.67. The predicted octanol–water partition coefficient (Wildman–Crippen LogP) is 1.06. The lowest BCUT2D eigenvalue weighted by atomic mass is 10.4. The fourth-order valence-corrected chi connectivity index (χ4v) is 3.76. The molecule has 0 atom stereocenters. The second-order valence-corrected chi connectivity index (χ2v) is 7.26. The number of nitrogens with zero attached hydrogens (tertiary/aromatic N) is 2. The SMILES string of the molecule is CN(C1CC1)S(=O)(=O)c1cc(CN)n(C2CC2)c1. The molecule has 2 fully saturated rings. The minimum atomic E-state index is -3.34. The Morgan fingerprint density at radius 2 is 2.06 bits per heavy atom. The third kappa shape index (κ3) is 1.98. The zero-order chi connectivity index (χ0) is 12.9. The van der Waals surface area contributed by atoms with E-state index in [9.17, 15) is 8.42 Å². The zero-order valence-corrected chi connectivity index (χ0v) is 11.4. The van der Waals surface area contributed by atoms with Gasteiger partial charge >= 0.3 is 0 Å². The second-order valence-electron chi connectivity index (χ2n) is 5.26. The number of sulfonamides is 1. The van der Waals surface area contributed by atoms with Gasteiger partial charge in [-0.2, -0.15) is 4.31 Å². The minimum absolute atomic E-state index is 0.195. The Kier molecular flexibility index (Phi) is 2.76. The van der Waals surface area contributed by atoms with Crippen molar-refractivity contribution in [2.45, 2.75) is 49.2 Å². The number of hydrogen-bond acceptors (Lipinski definition) is 3. The Hall–Kier alpha value is -0.850. The maximum absolute atomic E-state index is 12.4. The molecule has 0 aliphatic heterocycles. The summed E-state index contributed by atoms with van der Waals surface area (Å²) in [6, 6.07) is 2.38. The van der Waals surface area contributed by atoms with E-state index in [2.05, 4.69) is 0 Å². The lowest BCUT2D eigenvalue weighted by molar-refractivity contribution is 0.464. The van der Waals surface area contributed by atoms with E-state index in [0.29, 0.717) is 17.5 Å². The van der Waals surface area contributed by atoms with Crippen LogP contribution in [0.2, 0.25) is 0 Å². The molecule has 1 heterocycles. The van der Waals surface area contributed by atoms with E-state index in [0.717, 1.165) is 31.4 Å². The van der Waals surface area contributed by atoms with Crippen molar-refractivity contribution in [1.29, 1.82) is 0 Å². The number of nitrogens with two attached hydrogens (primary N) is 1. The van der Waals surface area contributed by atoms with Gasteiger partial charge in [-0.05, 0) is 31.7 Å². The molecule has 5 nitrogen and oxygen atoms in total. The molecule has 0 amide bonds. The Labute approximate surface area is 108 Å². The van der Waals surface area contributed by atoms with Crippen LogP contribution >= 0.6 is 0 Å². The van der Waals surface area contributed by atoms with Gasteiger partial charge in [0.25, 0.3) is 0 Å². The molecule has 1 aromatic heterocycles. The maximum Gasteiger partial charge on any atom is 0.244 e. The fourth-order valence-electron chi connectivity index (χ4n) is 2.29. The molecule has 6 heteroatoms. The van der Waals surface area contributed by atoms with Crippen molar-refractivity contribution < 1.29 is 8.42 Å². The first kappa shape index (κ1) is 12.2. The van der Waals surface area contributed by atoms with Gasteiger partial charge in [0.2, 0.25) is 10.0 Å². The Balaban J connectivity index is 1.95. The predicted molar refractivity (Wildman–Crippen MR) is 68.6 cm³/mol. The van der Waals surface area contributed by atoms with Crippen molar-refractivity contribution in [2.24, 2.45) is 5.73 Å². The summed E-state index contributed by atoms with van der Waals surface area (Å²) in [4.78, 5) is 0.393. The summed E-state index contributed by atoms with van der Waals surface area (Å²) < 4.78 is 28.4. The Bertz CT molecular complexity index is 556. The average molecular weight is 269 g/mol. The first-order valence-electron chi connectivity index (χ1n) is 6.43. The van der Waals surface area contributed by atoms with Crippen LogP contribution in [0.15, 0.2) is 17.2 Å². The standard InChI is InChI=1S/C12H19N3O2S/c1-14(9-2-3-9)18(16,17)12-6-11(7-13)15(8-12)10-4-5-10/h6,8-10H,2-5,7,13H2,1H3. The van der Waals surface area contributed by atoms with Gasteiger partial charge in [-0.1, -0.05) is 0 Å². The summed E-state index contributed by atoms with van der Waals surface area (Å²) in [5.74, 6) is 0. The van der Waals surface area contributed by atoms with Crippen LogP contribution in [-0.2, 0) is 16.6 Å². The lowest BCUT2D eigenvalue weighted by Gasteiger charge is -2.14. The van der Waals surface area contributed by atoms with Crippen LogP contribution in [0.3, 0.4) is 0 Å². The third-order valence-corrected chi connectivity index (χ3v) is 5.67. The van der Waals surface area contributed by atoms with Gasteiger partial charge in [-0.15, -0.1) is 0 Å². The average Bonchev–Trinajstić information content (AvgIpc) is 3.24. The number of rotatable bonds is 5. The van der Waals surface area contributed by atoms with Crippen molar-refractivity contribution >= 4 is 10.0 Å². The molecule has 0 saturated heterocycles. The lowest BCUT2D eigenvalue weighted by Crippen LogP contribution is -2.28. The van der Waals surface area contributed by atoms with Gasteiger partial charge in [0.15, 0.2) is 0 Å². The van der Waals surface area contributed by atoms with Gasteiger partial charge in [0, 0.05) is 37.6 Å². The Morgan fingerprint density at radius 1 is 1.39 bits per heavy atom. The molecule has 0 spiro atoms. The second kappa shape index (κ2) is 4.08. The van der Waals surface area contributed by atoms with Crippen molar-refractivity contribution in [3.63, 3.8) is 0 Å². The van der Waals surface area contributed by atoms with Gasteiger partial charge in [-0.25, -0.2) is 8.42 Å². The maximum atomic E-state index is 12.4. The van der Waals surface area contributed by atoms with Crippen LogP contribution in [0.4, 0.5) is 0 Å².